The zero-order valence-electron chi connectivity index (χ0n) is 53.2. The normalized spacial score (nSPS) is 14.3. The second-order valence-corrected chi connectivity index (χ2v) is 23.7. The van der Waals surface area contributed by atoms with Gasteiger partial charge in [0.15, 0.2) is 0 Å². The third-order valence-corrected chi connectivity index (χ3v) is 14.7. The topological polar surface area (TPSA) is 509 Å². The summed E-state index contributed by atoms with van der Waals surface area (Å²) in [5, 5.41) is 33.4. The van der Waals surface area contributed by atoms with Crippen LogP contribution in [-0.2, 0) is 88.0 Å². The molecule has 0 aliphatic heterocycles. The molecule has 510 valence electrons. The number of imidazole rings is 1. The van der Waals surface area contributed by atoms with Crippen molar-refractivity contribution in [1.29, 1.82) is 0 Å². The summed E-state index contributed by atoms with van der Waals surface area (Å²) in [4.78, 5) is 184. The van der Waals surface area contributed by atoms with E-state index in [1.165, 1.54) is 12.5 Å². The van der Waals surface area contributed by atoms with Crippen molar-refractivity contribution in [1.82, 2.24) is 57.8 Å². The first kappa shape index (κ1) is 76.4. The summed E-state index contributed by atoms with van der Waals surface area (Å²) in [6.45, 7) is 7.22. The third-order valence-electron chi connectivity index (χ3n) is 14.7. The van der Waals surface area contributed by atoms with Crippen molar-refractivity contribution in [2.45, 2.75) is 172 Å². The molecule has 94 heavy (non-hydrogen) atoms. The number of hydrogen-bond acceptors (Lipinski definition) is 16. The zero-order valence-corrected chi connectivity index (χ0v) is 53.2. The molecule has 30 nitrogen and oxygen atoms in total. The monoisotopic (exact) mass is 1310 g/mol. The minimum Gasteiger partial charge on any atom is -0.480 e. The number of nitrogens with zero attached hydrogens (tertiary/aromatic N) is 1. The van der Waals surface area contributed by atoms with Gasteiger partial charge in [0.2, 0.25) is 70.9 Å². The van der Waals surface area contributed by atoms with Crippen LogP contribution in [0.3, 0.4) is 0 Å². The fourth-order valence-corrected chi connectivity index (χ4v) is 9.89. The average molecular weight is 1310 g/mol. The Morgan fingerprint density at radius 3 is 1.17 bits per heavy atom. The largest absolute Gasteiger partial charge is 0.480 e. The van der Waals surface area contributed by atoms with Crippen molar-refractivity contribution < 1.29 is 67.4 Å². The molecule has 3 aromatic carbocycles. The SMILES string of the molecule is CC(C)C[C@H](NC(=O)[C@H](Cc1ccccc1)NC(=O)[C@H](Cc1ccccc1)NC(=O)[C@H](CC(C)C)NC(=O)[C@H](CCC(N)=O)NC(=O)[C@H](CCCCN)NC(=O)[C@H](Cc1cnc[nH]1)NC(=O)[C@@H](N)CC(N)=O)C(=O)N[C@@H](CC(N)=O)C(=O)N[C@@H](Cc1ccccc1)C(=O)O. The Morgan fingerprint density at radius 2 is 0.777 bits per heavy atom. The van der Waals surface area contributed by atoms with Crippen LogP contribution >= 0.6 is 0 Å². The molecule has 0 aliphatic rings. The van der Waals surface area contributed by atoms with Gasteiger partial charge in [0, 0.05) is 44.0 Å². The van der Waals surface area contributed by atoms with E-state index < -0.39 is 163 Å². The Hall–Kier alpha value is -10.1. The maximum atomic E-state index is 14.9. The van der Waals surface area contributed by atoms with E-state index >= 15 is 0 Å². The number of nitrogens with one attached hydrogen (secondary N) is 10. The Balaban J connectivity index is 1.64. The fraction of sp³-hybridized carbons (Fsp3) is 0.469. The molecular formula is C64H90N16O14. The molecule has 4 aromatic rings. The fourth-order valence-electron chi connectivity index (χ4n) is 9.89. The van der Waals surface area contributed by atoms with Gasteiger partial charge in [-0.25, -0.2) is 9.78 Å². The molecule has 30 heteroatoms. The molecule has 12 amide bonds. The molecule has 1 heterocycles. The molecular weight excluding hydrogens is 1220 g/mol. The van der Waals surface area contributed by atoms with Crippen molar-refractivity contribution in [3.63, 3.8) is 0 Å². The van der Waals surface area contributed by atoms with E-state index in [4.69, 9.17) is 28.7 Å². The number of H-pyrrole nitrogens is 1. The van der Waals surface area contributed by atoms with Crippen molar-refractivity contribution in [2.24, 2.45) is 40.5 Å². The number of rotatable bonds is 42. The van der Waals surface area contributed by atoms with Gasteiger partial charge in [0.1, 0.15) is 54.4 Å². The minimum atomic E-state index is -1.69. The standard InChI is InChI=1S/C64H90N16O14/c1-36(2)26-45(75-57(86)44(23-24-52(67)81)73-56(85)43(22-14-15-25-65)72-62(91)49(31-41-34-70-35-71-41)74-55(84)42(66)32-53(68)82)58(87)77-48(29-39-18-10-6-11-19-39)61(90)78-47(28-38-16-8-5-9-17-38)60(89)76-46(27-37(3)4)59(88)79-50(33-54(69)83)63(92)80-51(64(93)94)30-40-20-12-7-13-21-40/h5-13,16-21,34-37,42-51H,14-15,22-33,65-66H2,1-4H3,(H2,67,81)(H2,68,82)(H2,69,83)(H,70,71)(H,72,91)(H,73,85)(H,74,84)(H,75,86)(H,76,89)(H,77,87)(H,78,90)(H,79,88)(H,80,92)(H,93,94)/t42-,43-,44-,45-,46-,47-,48-,49-,50-,51-/m0/s1. The van der Waals surface area contributed by atoms with Gasteiger partial charge in [-0.1, -0.05) is 119 Å². The number of amides is 12. The van der Waals surface area contributed by atoms with Crippen LogP contribution in [0.1, 0.15) is 108 Å². The Labute approximate surface area is 544 Å². The Morgan fingerprint density at radius 1 is 0.426 bits per heavy atom. The van der Waals surface area contributed by atoms with Gasteiger partial charge >= 0.3 is 5.97 Å². The molecule has 0 unspecified atom stereocenters. The molecule has 0 fully saturated rings. The highest BCUT2D eigenvalue weighted by Gasteiger charge is 2.37. The van der Waals surface area contributed by atoms with Gasteiger partial charge in [-0.3, -0.25) is 57.5 Å². The minimum absolute atomic E-state index is 0.0388. The number of aliphatic carboxylic acids is 1. The van der Waals surface area contributed by atoms with E-state index in [0.717, 1.165) is 0 Å². The van der Waals surface area contributed by atoms with Crippen LogP contribution in [0.5, 0.6) is 0 Å². The number of aromatic amines is 1. The van der Waals surface area contributed by atoms with Gasteiger partial charge in [0.25, 0.3) is 0 Å². The number of aromatic nitrogens is 2. The number of carbonyl (C=O) groups is 13. The van der Waals surface area contributed by atoms with Crippen molar-refractivity contribution in [2.75, 3.05) is 6.54 Å². The number of carboxylic acid groups (broad SMARTS) is 1. The smallest absolute Gasteiger partial charge is 0.326 e. The predicted molar refractivity (Wildman–Crippen MR) is 344 cm³/mol. The van der Waals surface area contributed by atoms with E-state index in [-0.39, 0.29) is 69.7 Å². The van der Waals surface area contributed by atoms with E-state index in [1.54, 1.807) is 119 Å². The highest BCUT2D eigenvalue weighted by molar-refractivity contribution is 5.99. The summed E-state index contributed by atoms with van der Waals surface area (Å²) in [6.07, 6.45) is 0.511. The molecule has 0 aliphatic carbocycles. The lowest BCUT2D eigenvalue weighted by Gasteiger charge is -2.29. The van der Waals surface area contributed by atoms with Crippen molar-refractivity contribution in [3.05, 3.63) is 126 Å². The summed E-state index contributed by atoms with van der Waals surface area (Å²) in [5.41, 5.74) is 30.0. The van der Waals surface area contributed by atoms with Crippen LogP contribution in [0.4, 0.5) is 0 Å². The first-order valence-electron chi connectivity index (χ1n) is 31.0. The Bertz CT molecular complexity index is 3180. The van der Waals surface area contributed by atoms with Gasteiger partial charge < -0.3 is 86.6 Å². The maximum Gasteiger partial charge on any atom is 0.326 e. The average Bonchev–Trinajstić information content (AvgIpc) is 1.19. The van der Waals surface area contributed by atoms with Gasteiger partial charge in [-0.15, -0.1) is 0 Å². The number of hydrogen-bond donors (Lipinski definition) is 16. The molecule has 0 spiro atoms. The summed E-state index contributed by atoms with van der Waals surface area (Å²) in [5.74, 6) is -13.0. The van der Waals surface area contributed by atoms with E-state index in [0.29, 0.717) is 28.8 Å². The first-order chi connectivity index (χ1) is 44.6. The number of primary amides is 3. The van der Waals surface area contributed by atoms with E-state index in [1.807, 2.05) is 0 Å². The summed E-state index contributed by atoms with van der Waals surface area (Å²) >= 11 is 0. The van der Waals surface area contributed by atoms with Crippen LogP contribution in [-0.4, -0.2) is 159 Å². The molecule has 0 bridgehead atoms. The second-order valence-electron chi connectivity index (χ2n) is 23.7. The lowest BCUT2D eigenvalue weighted by atomic mass is 9.99. The van der Waals surface area contributed by atoms with Crippen LogP contribution < -0.4 is 76.5 Å². The number of carboxylic acids is 1. The molecule has 4 rings (SSSR count). The van der Waals surface area contributed by atoms with Crippen LogP contribution in [0, 0.1) is 11.8 Å². The number of nitrogens with two attached hydrogens (primary N) is 5. The third kappa shape index (κ3) is 27.8. The molecule has 21 N–H and O–H groups in total. The van der Waals surface area contributed by atoms with Crippen LogP contribution in [0.15, 0.2) is 104 Å². The molecule has 0 radical (unpaired) electrons. The first-order valence-corrected chi connectivity index (χ1v) is 31.0. The quantitative estimate of drug-likeness (QED) is 0.0207. The van der Waals surface area contributed by atoms with E-state index in [9.17, 15) is 67.4 Å². The summed E-state index contributed by atoms with van der Waals surface area (Å²) < 4.78 is 0. The highest BCUT2D eigenvalue weighted by atomic mass is 16.4. The van der Waals surface area contributed by atoms with Crippen molar-refractivity contribution in [3.8, 4) is 0 Å². The number of unbranched alkanes of at least 4 members (excludes halogenated alkanes) is 1. The molecule has 0 saturated carbocycles. The Kier molecular flexibility index (Phi) is 31.9. The lowest BCUT2D eigenvalue weighted by Crippen LogP contribution is -2.61. The zero-order chi connectivity index (χ0) is 69.4. The van der Waals surface area contributed by atoms with Crippen LogP contribution in [0.25, 0.3) is 0 Å². The second kappa shape index (κ2) is 39.3. The van der Waals surface area contributed by atoms with Gasteiger partial charge in [0.05, 0.1) is 25.2 Å². The maximum absolute atomic E-state index is 14.9. The summed E-state index contributed by atoms with van der Waals surface area (Å²) in [7, 11) is 0. The van der Waals surface area contributed by atoms with Gasteiger partial charge in [-0.2, -0.15) is 0 Å². The lowest BCUT2D eigenvalue weighted by molar-refractivity contribution is -0.142. The van der Waals surface area contributed by atoms with Crippen LogP contribution in [0.2, 0.25) is 0 Å². The highest BCUT2D eigenvalue weighted by Crippen LogP contribution is 2.15. The molecule has 10 atom stereocenters. The van der Waals surface area contributed by atoms with Gasteiger partial charge in [-0.05, 0) is 73.6 Å². The summed E-state index contributed by atoms with van der Waals surface area (Å²) in [6, 6.07) is 10.7. The van der Waals surface area contributed by atoms with E-state index in [2.05, 4.69) is 57.8 Å². The predicted octanol–water partition coefficient (Wildman–Crippen LogP) is -2.31. The number of carbonyl (C=O) groups excluding carboxylic acids is 12. The molecule has 1 aromatic heterocycles. The van der Waals surface area contributed by atoms with Crippen molar-refractivity contribution >= 4 is 76.9 Å². The molecule has 0 saturated heterocycles. The number of benzene rings is 3.